The molecule has 4 aromatic rings. The normalized spacial score (nSPS) is 11.3. The van der Waals surface area contributed by atoms with Gasteiger partial charge in [-0.25, -0.2) is 0 Å². The Bertz CT molecular complexity index is 1370. The number of halogens is 4. The monoisotopic (exact) mass is 483 g/mol. The lowest BCUT2D eigenvalue weighted by Crippen LogP contribution is -2.08. The molecule has 1 aromatic heterocycles. The van der Waals surface area contributed by atoms with Crippen LogP contribution in [0, 0.1) is 11.3 Å². The maximum atomic E-state index is 13.8. The van der Waals surface area contributed by atoms with Gasteiger partial charge in [0.2, 0.25) is 0 Å². The summed E-state index contributed by atoms with van der Waals surface area (Å²) in [6.45, 7) is 0.219. The van der Waals surface area contributed by atoms with Gasteiger partial charge in [0.15, 0.2) is 5.69 Å². The molecule has 0 aliphatic carbocycles. The number of phenols is 1. The molecule has 0 saturated heterocycles. The van der Waals surface area contributed by atoms with Crippen molar-refractivity contribution in [2.75, 3.05) is 0 Å². The number of nitrogens with zero attached hydrogens (tertiary/aromatic N) is 3. The highest BCUT2D eigenvalue weighted by molar-refractivity contribution is 6.30. The van der Waals surface area contributed by atoms with Crippen LogP contribution in [-0.4, -0.2) is 14.9 Å². The fourth-order valence-electron chi connectivity index (χ4n) is 3.57. The first-order chi connectivity index (χ1) is 16.2. The van der Waals surface area contributed by atoms with Crippen LogP contribution in [0.5, 0.6) is 11.5 Å². The molecule has 0 spiro atoms. The Balaban J connectivity index is 1.74. The zero-order chi connectivity index (χ0) is 24.5. The summed E-state index contributed by atoms with van der Waals surface area (Å²) in [6.07, 6.45) is -4.73. The summed E-state index contributed by atoms with van der Waals surface area (Å²) in [5.41, 5.74) is 0.353. The topological polar surface area (TPSA) is 71.1 Å². The molecule has 9 heteroatoms. The number of aryl methyl sites for hydroxylation is 1. The summed E-state index contributed by atoms with van der Waals surface area (Å²) in [6, 6.07) is 19.1. The van der Waals surface area contributed by atoms with Gasteiger partial charge in [-0.2, -0.15) is 23.5 Å². The van der Waals surface area contributed by atoms with Crippen LogP contribution in [0.15, 0.2) is 66.7 Å². The molecule has 0 aliphatic rings. The van der Waals surface area contributed by atoms with E-state index in [2.05, 4.69) is 5.10 Å². The SMILES string of the molecule is Cn1nc(C(F)(F)F)c(-c2ccc(C#N)cc2)c1-c1ccc(OCc2ccc(Cl)cc2)cc1O. The van der Waals surface area contributed by atoms with Crippen LogP contribution < -0.4 is 4.74 Å². The highest BCUT2D eigenvalue weighted by Crippen LogP contribution is 2.44. The number of ether oxygens (including phenoxy) is 1. The number of aromatic hydroxyl groups is 1. The minimum absolute atomic E-state index is 0.0822. The Kier molecular flexibility index (Phi) is 6.22. The predicted octanol–water partition coefficient (Wildman–Crippen LogP) is 6.58. The molecule has 0 amide bonds. The van der Waals surface area contributed by atoms with Crippen molar-refractivity contribution >= 4 is 11.6 Å². The molecule has 172 valence electrons. The van der Waals surface area contributed by atoms with Crippen LogP contribution in [0.1, 0.15) is 16.8 Å². The molecule has 0 radical (unpaired) electrons. The first-order valence-corrected chi connectivity index (χ1v) is 10.4. The average Bonchev–Trinajstić information content (AvgIpc) is 3.16. The molecule has 0 bridgehead atoms. The molecule has 5 nitrogen and oxygen atoms in total. The van der Waals surface area contributed by atoms with E-state index in [0.29, 0.717) is 16.3 Å². The lowest BCUT2D eigenvalue weighted by atomic mass is 9.97. The van der Waals surface area contributed by atoms with E-state index in [-0.39, 0.29) is 34.7 Å². The molecular formula is C25H17ClF3N3O2. The highest BCUT2D eigenvalue weighted by Gasteiger charge is 2.40. The van der Waals surface area contributed by atoms with E-state index >= 15 is 0 Å². The third-order valence-corrected chi connectivity index (χ3v) is 5.41. The van der Waals surface area contributed by atoms with E-state index < -0.39 is 11.9 Å². The van der Waals surface area contributed by atoms with Gasteiger partial charge in [0.1, 0.15) is 18.1 Å². The van der Waals surface area contributed by atoms with Crippen molar-refractivity contribution in [1.82, 2.24) is 9.78 Å². The van der Waals surface area contributed by atoms with E-state index in [1.165, 1.54) is 43.4 Å². The van der Waals surface area contributed by atoms with Gasteiger partial charge in [0.05, 0.1) is 17.3 Å². The smallest absolute Gasteiger partial charge is 0.435 e. The standard InChI is InChI=1S/C25H17ClF3N3O2/c1-32-23(22(24(31-32)25(27,28)29)17-6-2-15(13-30)3-7-17)20-11-10-19(12-21(20)33)34-14-16-4-8-18(26)9-5-16/h2-12,33H,14H2,1H3. The van der Waals surface area contributed by atoms with Crippen LogP contribution in [0.25, 0.3) is 22.4 Å². The Morgan fingerprint density at radius 2 is 1.74 bits per heavy atom. The molecule has 34 heavy (non-hydrogen) atoms. The number of benzene rings is 3. The van der Waals surface area contributed by atoms with Crippen LogP contribution >= 0.6 is 11.6 Å². The summed E-state index contributed by atoms with van der Waals surface area (Å²) < 4.78 is 48.2. The number of alkyl halides is 3. The Labute approximate surface area is 198 Å². The lowest BCUT2D eigenvalue weighted by molar-refractivity contribution is -0.140. The molecule has 0 aliphatic heterocycles. The molecule has 0 fully saturated rings. The summed E-state index contributed by atoms with van der Waals surface area (Å²) >= 11 is 5.87. The van der Waals surface area contributed by atoms with E-state index in [1.807, 2.05) is 6.07 Å². The van der Waals surface area contributed by atoms with E-state index in [0.717, 1.165) is 10.2 Å². The van der Waals surface area contributed by atoms with Crippen molar-refractivity contribution in [3.8, 4) is 40.0 Å². The number of aromatic nitrogens is 2. The molecule has 3 aromatic carbocycles. The van der Waals surface area contributed by atoms with Gasteiger partial charge in [-0.15, -0.1) is 0 Å². The fourth-order valence-corrected chi connectivity index (χ4v) is 3.69. The lowest BCUT2D eigenvalue weighted by Gasteiger charge is -2.13. The number of rotatable bonds is 5. The van der Waals surface area contributed by atoms with Gasteiger partial charge in [-0.1, -0.05) is 35.9 Å². The number of hydrogen-bond donors (Lipinski definition) is 1. The number of nitriles is 1. The maximum absolute atomic E-state index is 13.8. The molecule has 0 unspecified atom stereocenters. The van der Waals surface area contributed by atoms with Crippen LogP contribution in [-0.2, 0) is 19.8 Å². The minimum atomic E-state index is -4.73. The molecule has 0 saturated carbocycles. The molecule has 4 rings (SSSR count). The van der Waals surface area contributed by atoms with E-state index in [1.54, 1.807) is 30.3 Å². The fraction of sp³-hybridized carbons (Fsp3) is 0.120. The summed E-state index contributed by atoms with van der Waals surface area (Å²) in [7, 11) is 1.38. The Hall–Kier alpha value is -3.96. The van der Waals surface area contributed by atoms with Gasteiger partial charge in [-0.3, -0.25) is 4.68 Å². The van der Waals surface area contributed by atoms with Gasteiger partial charge in [-0.05, 0) is 47.5 Å². The van der Waals surface area contributed by atoms with E-state index in [9.17, 15) is 18.3 Å². The molecular weight excluding hydrogens is 467 g/mol. The van der Waals surface area contributed by atoms with Crippen LogP contribution in [0.3, 0.4) is 0 Å². The van der Waals surface area contributed by atoms with Gasteiger partial charge in [0, 0.05) is 29.3 Å². The van der Waals surface area contributed by atoms with Crippen molar-refractivity contribution in [3.05, 3.63) is 88.6 Å². The largest absolute Gasteiger partial charge is 0.507 e. The van der Waals surface area contributed by atoms with Crippen LogP contribution in [0.4, 0.5) is 13.2 Å². The van der Waals surface area contributed by atoms with Crippen molar-refractivity contribution in [1.29, 1.82) is 5.26 Å². The first-order valence-electron chi connectivity index (χ1n) is 10.0. The second-order valence-corrected chi connectivity index (χ2v) is 7.91. The molecule has 0 atom stereocenters. The third kappa shape index (κ3) is 4.70. The summed E-state index contributed by atoms with van der Waals surface area (Å²) in [4.78, 5) is 0. The van der Waals surface area contributed by atoms with Crippen molar-refractivity contribution in [2.45, 2.75) is 12.8 Å². The zero-order valence-corrected chi connectivity index (χ0v) is 18.5. The minimum Gasteiger partial charge on any atom is -0.507 e. The Morgan fingerprint density at radius 1 is 1.06 bits per heavy atom. The number of hydrogen-bond acceptors (Lipinski definition) is 4. The van der Waals surface area contributed by atoms with Gasteiger partial charge in [0.25, 0.3) is 0 Å². The molecule has 1 N–H and O–H groups in total. The average molecular weight is 484 g/mol. The van der Waals surface area contributed by atoms with Gasteiger partial charge < -0.3 is 9.84 Å². The Morgan fingerprint density at radius 3 is 2.32 bits per heavy atom. The zero-order valence-electron chi connectivity index (χ0n) is 17.8. The van der Waals surface area contributed by atoms with E-state index in [4.69, 9.17) is 21.6 Å². The third-order valence-electron chi connectivity index (χ3n) is 5.16. The number of phenolic OH excluding ortho intramolecular Hbond substituents is 1. The van der Waals surface area contributed by atoms with Crippen molar-refractivity contribution in [2.24, 2.45) is 7.05 Å². The molecule has 1 heterocycles. The predicted molar refractivity (Wildman–Crippen MR) is 121 cm³/mol. The maximum Gasteiger partial charge on any atom is 0.435 e. The van der Waals surface area contributed by atoms with Crippen LogP contribution in [0.2, 0.25) is 5.02 Å². The van der Waals surface area contributed by atoms with Crippen molar-refractivity contribution in [3.63, 3.8) is 0 Å². The second kappa shape index (κ2) is 9.12. The highest BCUT2D eigenvalue weighted by atomic mass is 35.5. The van der Waals surface area contributed by atoms with Crippen molar-refractivity contribution < 1.29 is 23.0 Å². The van der Waals surface area contributed by atoms with Gasteiger partial charge >= 0.3 is 6.18 Å². The summed E-state index contributed by atoms with van der Waals surface area (Å²) in [5.74, 6) is 0.0783. The quantitative estimate of drug-likeness (QED) is 0.348. The first kappa shape index (κ1) is 23.2. The summed E-state index contributed by atoms with van der Waals surface area (Å²) in [5, 5.41) is 24.0. The second-order valence-electron chi connectivity index (χ2n) is 7.48.